The zero-order valence-corrected chi connectivity index (χ0v) is 13.6. The summed E-state index contributed by atoms with van der Waals surface area (Å²) in [6.45, 7) is 11.8. The zero-order valence-electron chi connectivity index (χ0n) is 10.5. The summed E-state index contributed by atoms with van der Waals surface area (Å²) in [5, 5.41) is 0. The molecule has 0 aromatic heterocycles. The maximum absolute atomic E-state index is 6.02. The van der Waals surface area contributed by atoms with Crippen LogP contribution in [-0.4, -0.2) is 74.4 Å². The van der Waals surface area contributed by atoms with Gasteiger partial charge in [-0.1, -0.05) is 0 Å². The molecule has 1 rings (SSSR count). The van der Waals surface area contributed by atoms with Crippen LogP contribution < -0.4 is 5.73 Å². The third kappa shape index (κ3) is 2.80. The minimum atomic E-state index is -0.720. The van der Waals surface area contributed by atoms with Gasteiger partial charge in [0.1, 0.15) is 11.3 Å². The molecular weight excluding hydrogens is 205 g/mol. The largest absolute Gasteiger partial charge is 0.363 e. The molecule has 14 heavy (non-hydrogen) atoms. The van der Waals surface area contributed by atoms with E-state index < -0.39 is 11.3 Å². The molecule has 0 aliphatic carbocycles. The molecule has 0 spiro atoms. The zero-order chi connectivity index (χ0) is 10.5. The molecule has 1 radical (unpaired) electrons. The van der Waals surface area contributed by atoms with Crippen molar-refractivity contribution in [1.29, 1.82) is 0 Å². The van der Waals surface area contributed by atoms with Crippen LogP contribution in [0.2, 0.25) is 0 Å². The molecule has 1 saturated heterocycles. The van der Waals surface area contributed by atoms with Gasteiger partial charge in [0.05, 0.1) is 11.7 Å². The average Bonchev–Trinajstić information content (AvgIpc) is 1.80. The minimum Gasteiger partial charge on any atom is -0.363 e. The van der Waals surface area contributed by atoms with Gasteiger partial charge in [0.25, 0.3) is 0 Å². The SMILES string of the molecule is CC1OC(C)(N)C(C)(C)OC1(C)C.[K]. The molecular formula is C10H21KNO2. The van der Waals surface area contributed by atoms with E-state index in [2.05, 4.69) is 0 Å². The second-order valence-electron chi connectivity index (χ2n) is 5.08. The van der Waals surface area contributed by atoms with Crippen LogP contribution in [0.4, 0.5) is 0 Å². The van der Waals surface area contributed by atoms with Gasteiger partial charge in [-0.05, 0) is 41.5 Å². The Balaban J connectivity index is 0.00000169. The second kappa shape index (κ2) is 4.41. The summed E-state index contributed by atoms with van der Waals surface area (Å²) >= 11 is 0. The summed E-state index contributed by atoms with van der Waals surface area (Å²) in [5.74, 6) is 0. The molecule has 1 fully saturated rings. The fourth-order valence-electron chi connectivity index (χ4n) is 1.49. The number of rotatable bonds is 0. The number of hydrogen-bond donors (Lipinski definition) is 1. The van der Waals surface area contributed by atoms with E-state index >= 15 is 0 Å². The van der Waals surface area contributed by atoms with Gasteiger partial charge < -0.3 is 15.2 Å². The first kappa shape index (κ1) is 15.5. The van der Waals surface area contributed by atoms with Crippen LogP contribution in [0.3, 0.4) is 0 Å². The third-order valence-electron chi connectivity index (χ3n) is 3.11. The number of ether oxygens (including phenoxy) is 2. The van der Waals surface area contributed by atoms with Gasteiger partial charge in [0.2, 0.25) is 0 Å². The predicted octanol–water partition coefficient (Wildman–Crippen LogP) is 1.27. The molecule has 2 unspecified atom stereocenters. The molecule has 0 amide bonds. The smallest absolute Gasteiger partial charge is 0.143 e. The fourth-order valence-corrected chi connectivity index (χ4v) is 1.49. The normalized spacial score (nSPS) is 40.1. The molecule has 0 aromatic rings. The Morgan fingerprint density at radius 1 is 1.07 bits per heavy atom. The van der Waals surface area contributed by atoms with Crippen molar-refractivity contribution in [2.75, 3.05) is 0 Å². The van der Waals surface area contributed by atoms with E-state index in [1.165, 1.54) is 0 Å². The van der Waals surface area contributed by atoms with Gasteiger partial charge in [0.15, 0.2) is 0 Å². The van der Waals surface area contributed by atoms with Crippen molar-refractivity contribution in [3.05, 3.63) is 0 Å². The van der Waals surface area contributed by atoms with Gasteiger partial charge in [-0.15, -0.1) is 0 Å². The van der Waals surface area contributed by atoms with Crippen LogP contribution in [0.5, 0.6) is 0 Å². The summed E-state index contributed by atoms with van der Waals surface area (Å²) < 4.78 is 11.7. The van der Waals surface area contributed by atoms with Gasteiger partial charge >= 0.3 is 0 Å². The quantitative estimate of drug-likeness (QED) is 0.633. The standard InChI is InChI=1S/C10H21NO2.K/c1-7-8(2,3)13-9(4,5)10(6,11)12-7;/h7H,11H2,1-6H3;. The second-order valence-corrected chi connectivity index (χ2v) is 5.08. The molecule has 79 valence electrons. The number of nitrogens with two attached hydrogens (primary N) is 1. The minimum absolute atomic E-state index is 0. The summed E-state index contributed by atoms with van der Waals surface area (Å²) in [7, 11) is 0. The Hall–Kier alpha value is 1.52. The van der Waals surface area contributed by atoms with Crippen LogP contribution in [0, 0.1) is 0 Å². The first-order valence-electron chi connectivity index (χ1n) is 4.75. The van der Waals surface area contributed by atoms with Crippen molar-refractivity contribution in [2.45, 2.75) is 64.6 Å². The van der Waals surface area contributed by atoms with Crippen LogP contribution in [0.15, 0.2) is 0 Å². The van der Waals surface area contributed by atoms with Gasteiger partial charge in [-0.3, -0.25) is 0 Å². The maximum atomic E-state index is 6.02. The molecule has 1 aliphatic heterocycles. The van der Waals surface area contributed by atoms with Crippen molar-refractivity contribution in [1.82, 2.24) is 0 Å². The molecule has 0 bridgehead atoms. The summed E-state index contributed by atoms with van der Waals surface area (Å²) in [6.07, 6.45) is 0.00975. The Bertz CT molecular complexity index is 214. The molecule has 1 aliphatic rings. The van der Waals surface area contributed by atoms with Crippen molar-refractivity contribution < 1.29 is 9.47 Å². The van der Waals surface area contributed by atoms with Crippen molar-refractivity contribution in [3.63, 3.8) is 0 Å². The van der Waals surface area contributed by atoms with E-state index in [1.807, 2.05) is 41.5 Å². The van der Waals surface area contributed by atoms with Crippen molar-refractivity contribution in [2.24, 2.45) is 5.73 Å². The molecule has 0 aromatic carbocycles. The van der Waals surface area contributed by atoms with Crippen LogP contribution in [0.1, 0.15) is 41.5 Å². The molecule has 0 saturated carbocycles. The fraction of sp³-hybridized carbons (Fsp3) is 1.00. The Kier molecular flexibility index (Phi) is 4.89. The van der Waals surface area contributed by atoms with E-state index in [0.29, 0.717) is 0 Å². The van der Waals surface area contributed by atoms with Crippen LogP contribution in [-0.2, 0) is 9.47 Å². The third-order valence-corrected chi connectivity index (χ3v) is 3.11. The monoisotopic (exact) mass is 226 g/mol. The van der Waals surface area contributed by atoms with Crippen molar-refractivity contribution >= 4 is 51.4 Å². The van der Waals surface area contributed by atoms with E-state index in [4.69, 9.17) is 15.2 Å². The summed E-state index contributed by atoms with van der Waals surface area (Å²) in [4.78, 5) is 0. The van der Waals surface area contributed by atoms with E-state index in [-0.39, 0.29) is 63.1 Å². The van der Waals surface area contributed by atoms with E-state index in [9.17, 15) is 0 Å². The topological polar surface area (TPSA) is 44.5 Å². The van der Waals surface area contributed by atoms with E-state index in [0.717, 1.165) is 0 Å². The van der Waals surface area contributed by atoms with Gasteiger partial charge in [0, 0.05) is 51.4 Å². The molecule has 2 atom stereocenters. The van der Waals surface area contributed by atoms with Crippen LogP contribution in [0.25, 0.3) is 0 Å². The van der Waals surface area contributed by atoms with Gasteiger partial charge in [-0.2, -0.15) is 0 Å². The molecule has 3 nitrogen and oxygen atoms in total. The summed E-state index contributed by atoms with van der Waals surface area (Å²) in [5.41, 5.74) is 4.57. The molecule has 4 heteroatoms. The predicted molar refractivity (Wildman–Crippen MR) is 58.1 cm³/mol. The van der Waals surface area contributed by atoms with E-state index in [1.54, 1.807) is 0 Å². The first-order chi connectivity index (χ1) is 5.58. The summed E-state index contributed by atoms with van der Waals surface area (Å²) in [6, 6.07) is 0. The van der Waals surface area contributed by atoms with Crippen LogP contribution >= 0.6 is 0 Å². The Morgan fingerprint density at radius 2 is 1.50 bits per heavy atom. The molecule has 1 heterocycles. The van der Waals surface area contributed by atoms with Gasteiger partial charge in [-0.25, -0.2) is 0 Å². The first-order valence-corrected chi connectivity index (χ1v) is 4.75. The Morgan fingerprint density at radius 3 is 1.86 bits per heavy atom. The molecule has 2 N–H and O–H groups in total. The van der Waals surface area contributed by atoms with Crippen molar-refractivity contribution in [3.8, 4) is 0 Å². The maximum Gasteiger partial charge on any atom is 0.143 e. The Labute approximate surface area is 130 Å². The average molecular weight is 226 g/mol. The number of hydrogen-bond acceptors (Lipinski definition) is 3.